The predicted octanol–water partition coefficient (Wildman–Crippen LogP) is 2.83. The summed E-state index contributed by atoms with van der Waals surface area (Å²) in [7, 11) is 0. The molecule has 1 atom stereocenters. The van der Waals surface area contributed by atoms with E-state index in [9.17, 15) is 0 Å². The molecule has 0 heterocycles. The van der Waals surface area contributed by atoms with Crippen LogP contribution in [0.25, 0.3) is 0 Å². The number of unbranched alkanes of at least 4 members (excludes halogenated alkanes) is 1. The number of hydrogen-bond acceptors (Lipinski definition) is 2. The van der Waals surface area contributed by atoms with Crippen molar-refractivity contribution in [2.45, 2.75) is 59.8 Å². The van der Waals surface area contributed by atoms with Crippen molar-refractivity contribution < 1.29 is 48.8 Å². The summed E-state index contributed by atoms with van der Waals surface area (Å²) >= 11 is 7.21. The van der Waals surface area contributed by atoms with Gasteiger partial charge in [-0.15, -0.1) is 0 Å². The molecule has 0 saturated heterocycles. The first-order valence-corrected chi connectivity index (χ1v) is 12.4. The zero-order valence-corrected chi connectivity index (χ0v) is 20.8. The zero-order chi connectivity index (χ0) is 18.4. The van der Waals surface area contributed by atoms with Gasteiger partial charge in [0.15, 0.2) is 0 Å². The third kappa shape index (κ3) is 69.2. The summed E-state index contributed by atoms with van der Waals surface area (Å²) in [5.41, 5.74) is 0. The molecule has 0 radical (unpaired) electrons. The van der Waals surface area contributed by atoms with Crippen molar-refractivity contribution in [3.05, 3.63) is 6.42 Å². The molecular weight excluding hydrogens is 432 g/mol. The Balaban J connectivity index is -0.000000137. The first-order valence-electron chi connectivity index (χ1n) is 7.10. The minimum atomic E-state index is -3.81. The molecule has 0 amide bonds. The third-order valence-corrected chi connectivity index (χ3v) is 2.39. The van der Waals surface area contributed by atoms with Crippen molar-refractivity contribution in [2.75, 3.05) is 0 Å². The van der Waals surface area contributed by atoms with Crippen molar-refractivity contribution in [3.8, 4) is 0 Å². The largest absolute Gasteiger partial charge is 0.325 e. The molecule has 0 aliphatic rings. The summed E-state index contributed by atoms with van der Waals surface area (Å²) in [6, 6.07) is 0. The Kier molecular flexibility index (Phi) is 26.0. The average molecular weight is 463 g/mol. The number of rotatable bonds is 7. The Morgan fingerprint density at radius 1 is 0.913 bits per heavy atom. The Morgan fingerprint density at radius 3 is 1.48 bits per heavy atom. The van der Waals surface area contributed by atoms with Gasteiger partial charge in [0.1, 0.15) is 0 Å². The van der Waals surface area contributed by atoms with E-state index in [1.807, 2.05) is 0 Å². The third-order valence-electron chi connectivity index (χ3n) is 2.39. The molecule has 0 saturated carbocycles. The summed E-state index contributed by atoms with van der Waals surface area (Å²) < 4.78 is 0. The standard InChI is InChI=1S/C12H25.2H3O3PS.Zn/c1-5-7-8-12(6-2)10-9-11(3)4;2*1-4(2,3)5;/h10-12H,5-9H2,1-4H3;2*(H3,1,2,3,5);/q-1;;;. The van der Waals surface area contributed by atoms with Crippen molar-refractivity contribution >= 4 is 37.1 Å². The molecule has 140 valence electrons. The number of hydrogen-bond donors (Lipinski definition) is 6. The van der Waals surface area contributed by atoms with Crippen LogP contribution in [0.3, 0.4) is 0 Å². The molecule has 0 spiro atoms. The Hall–Kier alpha value is 1.68. The van der Waals surface area contributed by atoms with Crippen LogP contribution in [0.4, 0.5) is 0 Å². The van der Waals surface area contributed by atoms with Crippen LogP contribution in [0.1, 0.15) is 59.8 Å². The fourth-order valence-corrected chi connectivity index (χ4v) is 1.42. The van der Waals surface area contributed by atoms with Crippen LogP contribution in [-0.4, -0.2) is 29.4 Å². The summed E-state index contributed by atoms with van der Waals surface area (Å²) in [6.07, 6.45) is 9.29. The van der Waals surface area contributed by atoms with Gasteiger partial charge in [-0.25, -0.2) is 0 Å². The van der Waals surface area contributed by atoms with Crippen LogP contribution in [0.5, 0.6) is 0 Å². The second-order valence-electron chi connectivity index (χ2n) is 5.20. The van der Waals surface area contributed by atoms with Gasteiger partial charge in [-0.05, 0) is 23.6 Å². The molecule has 0 aromatic heterocycles. The Morgan fingerprint density at radius 2 is 1.26 bits per heavy atom. The van der Waals surface area contributed by atoms with E-state index in [1.54, 1.807) is 0 Å². The van der Waals surface area contributed by atoms with Crippen LogP contribution < -0.4 is 0 Å². The topological polar surface area (TPSA) is 121 Å². The molecule has 6 N–H and O–H groups in total. The normalized spacial score (nSPS) is 12.3. The maximum atomic E-state index is 7.56. The summed E-state index contributed by atoms with van der Waals surface area (Å²) in [6.45, 7) is 1.55. The molecule has 6 nitrogen and oxygen atoms in total. The maximum absolute atomic E-state index is 7.56. The van der Waals surface area contributed by atoms with Gasteiger partial charge in [0, 0.05) is 19.5 Å². The van der Waals surface area contributed by atoms with Gasteiger partial charge in [-0.2, -0.15) is 12.3 Å². The van der Waals surface area contributed by atoms with Gasteiger partial charge in [0.25, 0.3) is 0 Å². The SMILES string of the molecule is CCCCC([CH-]CC(C)C)CC.OP(O)(O)=S.OP(O)(O)=S.[Zn]. The molecule has 0 rings (SSSR count). The molecule has 0 fully saturated rings. The van der Waals surface area contributed by atoms with Crippen LogP contribution in [0.15, 0.2) is 0 Å². The monoisotopic (exact) mass is 461 g/mol. The van der Waals surface area contributed by atoms with E-state index < -0.39 is 13.4 Å². The van der Waals surface area contributed by atoms with E-state index in [2.05, 4.69) is 57.7 Å². The predicted molar refractivity (Wildman–Crippen MR) is 98.9 cm³/mol. The van der Waals surface area contributed by atoms with Crippen molar-refractivity contribution in [1.29, 1.82) is 0 Å². The van der Waals surface area contributed by atoms with Gasteiger partial charge >= 0.3 is 13.4 Å². The van der Waals surface area contributed by atoms with Crippen LogP contribution in [0.2, 0.25) is 0 Å². The average Bonchev–Trinajstić information content (AvgIpc) is 2.24. The van der Waals surface area contributed by atoms with Crippen LogP contribution in [-0.2, 0) is 43.1 Å². The first kappa shape index (κ1) is 32.4. The summed E-state index contributed by atoms with van der Waals surface area (Å²) in [5, 5.41) is 0. The van der Waals surface area contributed by atoms with Crippen LogP contribution >= 0.6 is 13.4 Å². The van der Waals surface area contributed by atoms with Crippen molar-refractivity contribution in [1.82, 2.24) is 0 Å². The first-order chi connectivity index (χ1) is 9.70. The van der Waals surface area contributed by atoms with E-state index in [-0.39, 0.29) is 19.5 Å². The van der Waals surface area contributed by atoms with Gasteiger partial charge in [-0.1, -0.05) is 59.3 Å². The van der Waals surface area contributed by atoms with Crippen molar-refractivity contribution in [3.63, 3.8) is 0 Å². The Labute approximate surface area is 163 Å². The smallest absolute Gasteiger partial charge is 0.319 e. The Bertz CT molecular complexity index is 299. The van der Waals surface area contributed by atoms with Gasteiger partial charge < -0.3 is 35.8 Å². The second kappa shape index (κ2) is 18.5. The van der Waals surface area contributed by atoms with Gasteiger partial charge in [0.05, 0.1) is 0 Å². The molecule has 0 aromatic rings. The molecule has 0 aliphatic carbocycles. The van der Waals surface area contributed by atoms with E-state index in [0.29, 0.717) is 0 Å². The second-order valence-corrected chi connectivity index (χ2v) is 10.2. The molecule has 0 bridgehead atoms. The van der Waals surface area contributed by atoms with Crippen molar-refractivity contribution in [2.24, 2.45) is 11.8 Å². The molecule has 11 heteroatoms. The van der Waals surface area contributed by atoms with E-state index in [0.717, 1.165) is 11.8 Å². The molecule has 0 aliphatic heterocycles. The molecule has 0 aromatic carbocycles. The zero-order valence-electron chi connectivity index (χ0n) is 14.4. The quantitative estimate of drug-likeness (QED) is 0.194. The molecular formula is C12H31O6P2S2Zn-. The van der Waals surface area contributed by atoms with E-state index >= 15 is 0 Å². The van der Waals surface area contributed by atoms with Crippen LogP contribution in [0, 0.1) is 18.3 Å². The minimum Gasteiger partial charge on any atom is -0.325 e. The summed E-state index contributed by atoms with van der Waals surface area (Å²) in [5.74, 6) is 1.72. The van der Waals surface area contributed by atoms with Gasteiger partial charge in [-0.3, -0.25) is 0 Å². The maximum Gasteiger partial charge on any atom is 0.319 e. The summed E-state index contributed by atoms with van der Waals surface area (Å²) in [4.78, 5) is 45.3. The fraction of sp³-hybridized carbons (Fsp3) is 0.917. The molecule has 1 unspecified atom stereocenters. The van der Waals surface area contributed by atoms with E-state index in [4.69, 9.17) is 29.4 Å². The van der Waals surface area contributed by atoms with Gasteiger partial charge in [0.2, 0.25) is 0 Å². The minimum absolute atomic E-state index is 0. The van der Waals surface area contributed by atoms with E-state index in [1.165, 1.54) is 32.1 Å². The fourth-order valence-electron chi connectivity index (χ4n) is 1.42. The molecule has 23 heavy (non-hydrogen) atoms.